The molecule has 0 bridgehead atoms. The van der Waals surface area contributed by atoms with E-state index in [2.05, 4.69) is 49.8 Å². The highest BCUT2D eigenvalue weighted by Crippen LogP contribution is 2.15. The van der Waals surface area contributed by atoms with Crippen molar-refractivity contribution in [2.45, 2.75) is 39.7 Å². The molecule has 0 aliphatic heterocycles. The Bertz CT molecular complexity index is 388. The van der Waals surface area contributed by atoms with Gasteiger partial charge in [-0.1, -0.05) is 19.9 Å². The summed E-state index contributed by atoms with van der Waals surface area (Å²) < 4.78 is 0. The standard InChI is InChI=1S/C16H27N3/c1-5-8-9-10-19(4)16-12-14(13-17-7-3)11-15(6-2)18-16/h5,11-12,17H,1,6-10,13H2,2-4H3. The fourth-order valence-corrected chi connectivity index (χ4v) is 1.97. The summed E-state index contributed by atoms with van der Waals surface area (Å²) in [5, 5.41) is 3.37. The SMILES string of the molecule is C=CCCCN(C)c1cc(CNCC)cc(CC)n1. The number of allylic oxidation sites excluding steroid dienone is 1. The van der Waals surface area contributed by atoms with Gasteiger partial charge in [0, 0.05) is 25.8 Å². The predicted octanol–water partition coefficient (Wildman–Crippen LogP) is 3.16. The molecule has 19 heavy (non-hydrogen) atoms. The van der Waals surface area contributed by atoms with Crippen LogP contribution in [0.25, 0.3) is 0 Å². The van der Waals surface area contributed by atoms with Crippen LogP contribution in [-0.4, -0.2) is 25.1 Å². The molecule has 0 unspecified atom stereocenters. The number of anilines is 1. The molecule has 0 radical (unpaired) electrons. The van der Waals surface area contributed by atoms with Gasteiger partial charge in [0.2, 0.25) is 0 Å². The minimum absolute atomic E-state index is 0.916. The minimum Gasteiger partial charge on any atom is -0.360 e. The van der Waals surface area contributed by atoms with E-state index in [1.54, 1.807) is 0 Å². The van der Waals surface area contributed by atoms with Gasteiger partial charge >= 0.3 is 0 Å². The Labute approximate surface area is 117 Å². The van der Waals surface area contributed by atoms with Gasteiger partial charge in [0.15, 0.2) is 0 Å². The van der Waals surface area contributed by atoms with Crippen LogP contribution in [0.15, 0.2) is 24.8 Å². The third-order valence-corrected chi connectivity index (χ3v) is 3.16. The summed E-state index contributed by atoms with van der Waals surface area (Å²) in [6.07, 6.45) is 5.14. The summed E-state index contributed by atoms with van der Waals surface area (Å²) in [4.78, 5) is 6.95. The molecule has 0 saturated carbocycles. The summed E-state index contributed by atoms with van der Waals surface area (Å²) in [7, 11) is 2.11. The van der Waals surface area contributed by atoms with E-state index in [9.17, 15) is 0 Å². The Hall–Kier alpha value is -1.35. The van der Waals surface area contributed by atoms with Gasteiger partial charge < -0.3 is 10.2 Å². The largest absolute Gasteiger partial charge is 0.360 e. The Balaban J connectivity index is 2.76. The Kier molecular flexibility index (Phi) is 7.19. The molecule has 1 N–H and O–H groups in total. The third kappa shape index (κ3) is 5.43. The number of aryl methyl sites for hydroxylation is 1. The van der Waals surface area contributed by atoms with Crippen molar-refractivity contribution < 1.29 is 0 Å². The van der Waals surface area contributed by atoms with Crippen LogP contribution in [0.5, 0.6) is 0 Å². The van der Waals surface area contributed by atoms with Crippen molar-refractivity contribution in [2.75, 3.05) is 25.0 Å². The lowest BCUT2D eigenvalue weighted by Gasteiger charge is -2.19. The zero-order valence-corrected chi connectivity index (χ0v) is 12.6. The average molecular weight is 261 g/mol. The molecule has 0 aromatic carbocycles. The van der Waals surface area contributed by atoms with Crippen LogP contribution >= 0.6 is 0 Å². The number of aromatic nitrogens is 1. The van der Waals surface area contributed by atoms with Crippen LogP contribution in [-0.2, 0) is 13.0 Å². The van der Waals surface area contributed by atoms with E-state index in [1.165, 1.54) is 11.3 Å². The third-order valence-electron chi connectivity index (χ3n) is 3.16. The Morgan fingerprint density at radius 2 is 2.16 bits per heavy atom. The number of hydrogen-bond donors (Lipinski definition) is 1. The van der Waals surface area contributed by atoms with Gasteiger partial charge in [-0.25, -0.2) is 4.98 Å². The van der Waals surface area contributed by atoms with Crippen molar-refractivity contribution in [3.63, 3.8) is 0 Å². The summed E-state index contributed by atoms with van der Waals surface area (Å²) in [6, 6.07) is 4.39. The van der Waals surface area contributed by atoms with E-state index in [1.807, 2.05) is 6.08 Å². The van der Waals surface area contributed by atoms with Crippen molar-refractivity contribution in [3.8, 4) is 0 Å². The van der Waals surface area contributed by atoms with Crippen molar-refractivity contribution in [1.29, 1.82) is 0 Å². The van der Waals surface area contributed by atoms with Crippen LogP contribution < -0.4 is 10.2 Å². The molecule has 1 rings (SSSR count). The molecule has 0 atom stereocenters. The molecule has 1 aromatic heterocycles. The second-order valence-corrected chi connectivity index (χ2v) is 4.81. The number of nitrogens with zero attached hydrogens (tertiary/aromatic N) is 2. The van der Waals surface area contributed by atoms with Gasteiger partial charge in [-0.3, -0.25) is 0 Å². The molecule has 3 nitrogen and oxygen atoms in total. The average Bonchev–Trinajstić information content (AvgIpc) is 2.44. The van der Waals surface area contributed by atoms with Crippen LogP contribution in [0, 0.1) is 0 Å². The summed E-state index contributed by atoms with van der Waals surface area (Å²) in [5.74, 6) is 1.08. The first-order valence-corrected chi connectivity index (χ1v) is 7.23. The van der Waals surface area contributed by atoms with E-state index in [0.717, 1.165) is 44.7 Å². The van der Waals surface area contributed by atoms with E-state index in [-0.39, 0.29) is 0 Å². The molecule has 0 fully saturated rings. The van der Waals surface area contributed by atoms with Crippen molar-refractivity contribution in [1.82, 2.24) is 10.3 Å². The predicted molar refractivity (Wildman–Crippen MR) is 83.7 cm³/mol. The van der Waals surface area contributed by atoms with Gasteiger partial charge in [0.25, 0.3) is 0 Å². The van der Waals surface area contributed by atoms with Crippen LogP contribution in [0.4, 0.5) is 5.82 Å². The van der Waals surface area contributed by atoms with E-state index < -0.39 is 0 Å². The van der Waals surface area contributed by atoms with Crippen LogP contribution in [0.3, 0.4) is 0 Å². The molecule has 0 spiro atoms. The molecule has 0 aliphatic carbocycles. The first kappa shape index (κ1) is 15.7. The summed E-state index contributed by atoms with van der Waals surface area (Å²) in [6.45, 7) is 11.0. The second-order valence-electron chi connectivity index (χ2n) is 4.81. The number of rotatable bonds is 9. The molecule has 106 valence electrons. The molecule has 0 aliphatic rings. The highest BCUT2D eigenvalue weighted by molar-refractivity contribution is 5.42. The molecular weight excluding hydrogens is 234 g/mol. The summed E-state index contributed by atoms with van der Waals surface area (Å²) in [5.41, 5.74) is 2.49. The molecule has 0 amide bonds. The first-order chi connectivity index (χ1) is 9.21. The fourth-order valence-electron chi connectivity index (χ4n) is 1.97. The zero-order chi connectivity index (χ0) is 14.1. The molecule has 3 heteroatoms. The van der Waals surface area contributed by atoms with Crippen LogP contribution in [0.1, 0.15) is 37.9 Å². The highest BCUT2D eigenvalue weighted by atomic mass is 15.2. The zero-order valence-electron chi connectivity index (χ0n) is 12.6. The number of hydrogen-bond acceptors (Lipinski definition) is 3. The van der Waals surface area contributed by atoms with Gasteiger partial charge in [-0.2, -0.15) is 0 Å². The van der Waals surface area contributed by atoms with Crippen molar-refractivity contribution in [2.24, 2.45) is 0 Å². The molecular formula is C16H27N3. The Morgan fingerprint density at radius 3 is 2.79 bits per heavy atom. The Morgan fingerprint density at radius 1 is 1.37 bits per heavy atom. The van der Waals surface area contributed by atoms with Crippen molar-refractivity contribution in [3.05, 3.63) is 36.0 Å². The molecule has 1 heterocycles. The van der Waals surface area contributed by atoms with Crippen molar-refractivity contribution >= 4 is 5.82 Å². The lowest BCUT2D eigenvalue weighted by molar-refractivity contribution is 0.722. The maximum Gasteiger partial charge on any atom is 0.128 e. The van der Waals surface area contributed by atoms with Gasteiger partial charge in [0.1, 0.15) is 5.82 Å². The van der Waals surface area contributed by atoms with Gasteiger partial charge in [-0.15, -0.1) is 6.58 Å². The van der Waals surface area contributed by atoms with Gasteiger partial charge in [-0.05, 0) is 43.5 Å². The fraction of sp³-hybridized carbons (Fsp3) is 0.562. The maximum absolute atomic E-state index is 4.71. The number of unbranched alkanes of at least 4 members (excludes halogenated alkanes) is 1. The highest BCUT2D eigenvalue weighted by Gasteiger charge is 2.06. The lowest BCUT2D eigenvalue weighted by Crippen LogP contribution is -2.21. The van der Waals surface area contributed by atoms with Gasteiger partial charge in [0.05, 0.1) is 0 Å². The molecule has 0 saturated heterocycles. The minimum atomic E-state index is 0.916. The topological polar surface area (TPSA) is 28.2 Å². The lowest BCUT2D eigenvalue weighted by atomic mass is 10.2. The number of nitrogens with one attached hydrogen (secondary N) is 1. The summed E-state index contributed by atoms with van der Waals surface area (Å²) >= 11 is 0. The van der Waals surface area contributed by atoms with E-state index >= 15 is 0 Å². The smallest absolute Gasteiger partial charge is 0.128 e. The van der Waals surface area contributed by atoms with Crippen LogP contribution in [0.2, 0.25) is 0 Å². The van der Waals surface area contributed by atoms with E-state index in [4.69, 9.17) is 4.98 Å². The monoisotopic (exact) mass is 261 g/mol. The molecule has 1 aromatic rings. The normalized spacial score (nSPS) is 10.5. The second kappa shape index (κ2) is 8.70. The maximum atomic E-state index is 4.71. The van der Waals surface area contributed by atoms with E-state index in [0.29, 0.717) is 0 Å². The number of pyridine rings is 1. The quantitative estimate of drug-likeness (QED) is 0.547. The first-order valence-electron chi connectivity index (χ1n) is 7.23.